The number of benzene rings is 6. The standard InChI is InChI=1S/2C21H26O.C20H24O/c2*1-12-9-15(4)20-16(5)17(6)21(22-19(20)10-12)18-8-7-13(2)14(3)11-18;1-12-8-15(4)18-11-16(5)20(21-19(18)9-12)17-7-6-13(2)14(3)10-17/h2*7-11,16-17,21H,1-6H3;6-10,16,20H,11H2,1-5H3. The van der Waals surface area contributed by atoms with Crippen LogP contribution in [0.1, 0.15) is 165 Å². The molecule has 3 aliphatic heterocycles. The van der Waals surface area contributed by atoms with Crippen molar-refractivity contribution in [2.75, 3.05) is 0 Å². The summed E-state index contributed by atoms with van der Waals surface area (Å²) in [6, 6.07) is 33.5. The quantitative estimate of drug-likeness (QED) is 0.177. The van der Waals surface area contributed by atoms with Gasteiger partial charge in [-0.25, -0.2) is 0 Å². The van der Waals surface area contributed by atoms with Crippen molar-refractivity contribution in [3.8, 4) is 17.2 Å². The van der Waals surface area contributed by atoms with Crippen molar-refractivity contribution in [2.24, 2.45) is 17.8 Å². The summed E-state index contributed by atoms with van der Waals surface area (Å²) >= 11 is 0. The highest BCUT2D eigenvalue weighted by Crippen LogP contribution is 2.49. The van der Waals surface area contributed by atoms with Gasteiger partial charge >= 0.3 is 0 Å². The topological polar surface area (TPSA) is 27.7 Å². The van der Waals surface area contributed by atoms with E-state index in [2.05, 4.69) is 209 Å². The van der Waals surface area contributed by atoms with Crippen molar-refractivity contribution in [2.45, 2.75) is 154 Å². The molecule has 3 heterocycles. The van der Waals surface area contributed by atoms with Gasteiger partial charge in [0.1, 0.15) is 35.6 Å². The van der Waals surface area contributed by atoms with Gasteiger partial charge in [0.15, 0.2) is 0 Å². The Morgan fingerprint density at radius 2 is 0.677 bits per heavy atom. The molecule has 0 saturated heterocycles. The molecule has 0 spiro atoms. The van der Waals surface area contributed by atoms with Crippen molar-refractivity contribution >= 4 is 0 Å². The highest BCUT2D eigenvalue weighted by Gasteiger charge is 2.36. The van der Waals surface area contributed by atoms with Crippen LogP contribution in [0.2, 0.25) is 0 Å². The molecule has 0 fully saturated rings. The van der Waals surface area contributed by atoms with Crippen LogP contribution in [-0.2, 0) is 6.42 Å². The maximum absolute atomic E-state index is 6.46. The fourth-order valence-corrected chi connectivity index (χ4v) is 10.8. The van der Waals surface area contributed by atoms with Crippen LogP contribution in [0.4, 0.5) is 0 Å². The summed E-state index contributed by atoms with van der Waals surface area (Å²) in [7, 11) is 0. The Balaban J connectivity index is 0.000000145. The first-order valence-electron chi connectivity index (χ1n) is 24.3. The highest BCUT2D eigenvalue weighted by atomic mass is 16.5. The average Bonchev–Trinajstić information content (AvgIpc) is 3.23. The summed E-state index contributed by atoms with van der Waals surface area (Å²) in [6.07, 6.45) is 1.54. The largest absolute Gasteiger partial charge is 0.485 e. The van der Waals surface area contributed by atoms with E-state index in [0.717, 1.165) is 23.7 Å². The summed E-state index contributed by atoms with van der Waals surface area (Å²) < 4.78 is 19.3. The average molecular weight is 869 g/mol. The van der Waals surface area contributed by atoms with E-state index in [1.54, 1.807) is 0 Å². The first-order valence-corrected chi connectivity index (χ1v) is 24.3. The number of hydrogen-bond donors (Lipinski definition) is 0. The van der Waals surface area contributed by atoms with Gasteiger partial charge in [-0.15, -0.1) is 0 Å². The van der Waals surface area contributed by atoms with Gasteiger partial charge in [-0.05, 0) is 209 Å². The van der Waals surface area contributed by atoms with Gasteiger partial charge in [0.25, 0.3) is 0 Å². The molecule has 0 N–H and O–H groups in total. The highest BCUT2D eigenvalue weighted by molar-refractivity contribution is 5.50. The molecular formula is C62H76O3. The van der Waals surface area contributed by atoms with Gasteiger partial charge in [-0.3, -0.25) is 0 Å². The van der Waals surface area contributed by atoms with E-state index in [1.807, 2.05) is 0 Å². The summed E-state index contributed by atoms with van der Waals surface area (Å²) in [4.78, 5) is 0. The molecular weight excluding hydrogens is 793 g/mol. The number of rotatable bonds is 3. The van der Waals surface area contributed by atoms with Crippen molar-refractivity contribution in [3.05, 3.63) is 191 Å². The smallest absolute Gasteiger partial charge is 0.127 e. The molecule has 6 aromatic carbocycles. The first kappa shape index (κ1) is 47.7. The van der Waals surface area contributed by atoms with E-state index in [4.69, 9.17) is 14.2 Å². The van der Waals surface area contributed by atoms with E-state index in [-0.39, 0.29) is 18.3 Å². The Hall–Kier alpha value is -5.28. The third-order valence-electron chi connectivity index (χ3n) is 15.4. The van der Waals surface area contributed by atoms with Gasteiger partial charge in [-0.2, -0.15) is 0 Å². The summed E-state index contributed by atoms with van der Waals surface area (Å²) in [5.41, 5.74) is 24.0. The second-order valence-corrected chi connectivity index (χ2v) is 20.7. The van der Waals surface area contributed by atoms with Crippen molar-refractivity contribution < 1.29 is 14.2 Å². The zero-order chi connectivity index (χ0) is 47.2. The predicted molar refractivity (Wildman–Crippen MR) is 274 cm³/mol. The maximum Gasteiger partial charge on any atom is 0.127 e. The Kier molecular flexibility index (Phi) is 14.1. The molecule has 3 heteroatoms. The lowest BCUT2D eigenvalue weighted by Crippen LogP contribution is -2.27. The fraction of sp³-hybridized carbons (Fsp3) is 0.419. The van der Waals surface area contributed by atoms with Gasteiger partial charge in [0.05, 0.1) is 0 Å². The predicted octanol–water partition coefficient (Wildman–Crippen LogP) is 16.8. The van der Waals surface area contributed by atoms with Gasteiger partial charge < -0.3 is 14.2 Å². The summed E-state index contributed by atoms with van der Waals surface area (Å²) in [5.74, 6) is 5.69. The van der Waals surface area contributed by atoms with Crippen LogP contribution >= 0.6 is 0 Å². The minimum absolute atomic E-state index is 0.142. The van der Waals surface area contributed by atoms with Crippen LogP contribution in [0.25, 0.3) is 0 Å². The Labute approximate surface area is 393 Å². The van der Waals surface area contributed by atoms with Gasteiger partial charge in [0.2, 0.25) is 0 Å². The molecule has 9 rings (SSSR count). The molecule has 8 atom stereocenters. The maximum atomic E-state index is 6.46. The molecule has 8 unspecified atom stereocenters. The van der Waals surface area contributed by atoms with Crippen LogP contribution in [-0.4, -0.2) is 0 Å². The SMILES string of the molecule is Cc1cc(C)c2c(c1)OC(c1ccc(C)c(C)c1)C(C)C2.Cc1cc(C)c2c(c1)OC(c1ccc(C)c(C)c1)C(C)C2C.Cc1cc(C)c2c(c1)OC(c1ccc(C)c(C)c1)C(C)C2C. The number of aryl methyl sites for hydroxylation is 12. The summed E-state index contributed by atoms with van der Waals surface area (Å²) in [6.45, 7) is 37.6. The lowest BCUT2D eigenvalue weighted by molar-refractivity contribution is 0.106. The number of hydrogen-bond acceptors (Lipinski definition) is 3. The van der Waals surface area contributed by atoms with Crippen LogP contribution in [0.15, 0.2) is 91.0 Å². The Morgan fingerprint density at radius 3 is 1.06 bits per heavy atom. The molecule has 3 aliphatic rings. The molecule has 0 radical (unpaired) electrons. The van der Waals surface area contributed by atoms with E-state index in [9.17, 15) is 0 Å². The lowest BCUT2D eigenvalue weighted by atomic mass is 9.78. The van der Waals surface area contributed by atoms with Crippen LogP contribution in [0.3, 0.4) is 0 Å². The zero-order valence-electron chi connectivity index (χ0n) is 42.7. The molecule has 0 amide bonds. The lowest BCUT2D eigenvalue weighted by Gasteiger charge is -2.38. The van der Waals surface area contributed by atoms with Gasteiger partial charge in [-0.1, -0.05) is 107 Å². The van der Waals surface area contributed by atoms with Crippen molar-refractivity contribution in [3.63, 3.8) is 0 Å². The minimum Gasteiger partial charge on any atom is -0.485 e. The molecule has 342 valence electrons. The first-order chi connectivity index (χ1) is 30.7. The van der Waals surface area contributed by atoms with E-state index >= 15 is 0 Å². The molecule has 0 aliphatic carbocycles. The number of ether oxygens (including phenoxy) is 3. The third-order valence-corrected chi connectivity index (χ3v) is 15.4. The normalized spacial score (nSPS) is 22.8. The van der Waals surface area contributed by atoms with Gasteiger partial charge in [0, 0.05) is 28.9 Å². The molecule has 65 heavy (non-hydrogen) atoms. The van der Waals surface area contributed by atoms with Crippen LogP contribution < -0.4 is 14.2 Å². The monoisotopic (exact) mass is 869 g/mol. The molecule has 0 bridgehead atoms. The molecule has 0 saturated carbocycles. The molecule has 6 aromatic rings. The van der Waals surface area contributed by atoms with Crippen LogP contribution in [0, 0.1) is 101 Å². The van der Waals surface area contributed by atoms with Crippen molar-refractivity contribution in [1.29, 1.82) is 0 Å². The van der Waals surface area contributed by atoms with E-state index < -0.39 is 0 Å². The second-order valence-electron chi connectivity index (χ2n) is 20.7. The fourth-order valence-electron chi connectivity index (χ4n) is 10.8. The Bertz CT molecular complexity index is 2580. The second kappa shape index (κ2) is 19.3. The molecule has 3 nitrogen and oxygen atoms in total. The van der Waals surface area contributed by atoms with Crippen molar-refractivity contribution in [1.82, 2.24) is 0 Å². The van der Waals surface area contributed by atoms with Crippen LogP contribution in [0.5, 0.6) is 17.2 Å². The van der Waals surface area contributed by atoms with E-state index in [1.165, 1.54) is 100 Å². The zero-order valence-corrected chi connectivity index (χ0v) is 42.7. The minimum atomic E-state index is 0.142. The van der Waals surface area contributed by atoms with E-state index in [0.29, 0.717) is 29.6 Å². The molecule has 0 aromatic heterocycles. The number of fused-ring (bicyclic) bond motifs is 3. The third kappa shape index (κ3) is 9.96. The summed E-state index contributed by atoms with van der Waals surface area (Å²) in [5, 5.41) is 0. The Morgan fingerprint density at radius 1 is 0.338 bits per heavy atom.